The first kappa shape index (κ1) is 22.0. The fraction of sp³-hybridized carbons (Fsp3) is 0. The summed E-state index contributed by atoms with van der Waals surface area (Å²) in [7, 11) is 0. The van der Waals surface area contributed by atoms with Gasteiger partial charge in [0.1, 0.15) is 0 Å². The number of benzene rings is 3. The molecule has 0 aliphatic heterocycles. The molecule has 0 spiro atoms. The number of aromatic nitrogens is 1. The van der Waals surface area contributed by atoms with E-state index in [1.807, 2.05) is 54.6 Å². The van der Waals surface area contributed by atoms with Gasteiger partial charge in [-0.2, -0.15) is 0 Å². The monoisotopic (exact) mass is 426 g/mol. The molecule has 4 rings (SSSR count). The number of hydrogen-bond acceptors (Lipinski definition) is 3. The molecule has 7 heteroatoms. The summed E-state index contributed by atoms with van der Waals surface area (Å²) in [6.45, 7) is 0. The summed E-state index contributed by atoms with van der Waals surface area (Å²) in [5, 5.41) is 13.1. The molecule has 4 aromatic rings. The van der Waals surface area contributed by atoms with Crippen LogP contribution in [0, 0.1) is 0 Å². The molecule has 1 aromatic heterocycles. The summed E-state index contributed by atoms with van der Waals surface area (Å²) in [5.41, 5.74) is 2.71. The number of para-hydroxylation sites is 1. The van der Waals surface area contributed by atoms with Crippen molar-refractivity contribution in [3.8, 4) is 11.3 Å². The molecule has 0 atom stereocenters. The van der Waals surface area contributed by atoms with Crippen LogP contribution in [-0.2, 0) is 0 Å². The third kappa shape index (κ3) is 4.55. The maximum absolute atomic E-state index is 13.1. The Kier molecular flexibility index (Phi) is 6.90. The van der Waals surface area contributed by atoms with E-state index in [0.717, 1.165) is 5.56 Å². The second kappa shape index (κ2) is 9.41. The van der Waals surface area contributed by atoms with E-state index < -0.39 is 11.9 Å². The fourth-order valence-corrected chi connectivity index (χ4v) is 3.28. The summed E-state index contributed by atoms with van der Waals surface area (Å²) >= 11 is 5.90. The van der Waals surface area contributed by atoms with Crippen LogP contribution in [0.1, 0.15) is 20.7 Å². The van der Waals surface area contributed by atoms with Crippen molar-refractivity contribution in [2.24, 2.45) is 0 Å². The molecule has 144 valence electrons. The molecule has 0 unspecified atom stereocenters. The van der Waals surface area contributed by atoms with Crippen molar-refractivity contribution in [3.05, 3.63) is 95.0 Å². The number of aromatic carboxylic acids is 1. The van der Waals surface area contributed by atoms with Crippen LogP contribution in [0.25, 0.3) is 22.2 Å². The number of fused-ring (bicyclic) bond motifs is 1. The third-order valence-corrected chi connectivity index (χ3v) is 4.73. The number of nitrogens with zero attached hydrogens (tertiary/aromatic N) is 1. The first-order valence-corrected chi connectivity index (χ1v) is 9.20. The Labute approximate surface area is 200 Å². The van der Waals surface area contributed by atoms with E-state index >= 15 is 0 Å². The molecule has 3 aromatic carbocycles. The normalized spacial score (nSPS) is 10.3. The second-order valence-electron chi connectivity index (χ2n) is 6.39. The first-order chi connectivity index (χ1) is 14.0. The van der Waals surface area contributed by atoms with E-state index in [2.05, 4.69) is 10.3 Å². The van der Waals surface area contributed by atoms with Crippen molar-refractivity contribution in [1.82, 2.24) is 4.98 Å². The number of carboxylic acids is 1. The molecule has 0 radical (unpaired) electrons. The molecule has 1 amide bonds. The summed E-state index contributed by atoms with van der Waals surface area (Å²) in [6.07, 6.45) is 0. The molecule has 0 saturated carbocycles. The fourth-order valence-electron chi connectivity index (χ4n) is 3.11. The van der Waals surface area contributed by atoms with Gasteiger partial charge in [0.2, 0.25) is 0 Å². The van der Waals surface area contributed by atoms with Crippen LogP contribution in [0.15, 0.2) is 78.9 Å². The molecule has 0 aliphatic rings. The Bertz CT molecular complexity index is 1250. The SMILES string of the molecule is O=C(O)c1cc(Cl)ccc1NC(=O)c1cc(-c2ccccc2)nc2ccccc12.[NaH]. The molecular weight excluding hydrogens is 411 g/mol. The zero-order valence-corrected chi connectivity index (χ0v) is 15.9. The van der Waals surface area contributed by atoms with Gasteiger partial charge in [-0.3, -0.25) is 4.79 Å². The van der Waals surface area contributed by atoms with Crippen LogP contribution in [-0.4, -0.2) is 51.5 Å². The van der Waals surface area contributed by atoms with Crippen LogP contribution in [0.2, 0.25) is 5.02 Å². The summed E-state index contributed by atoms with van der Waals surface area (Å²) in [6, 6.07) is 22.9. The van der Waals surface area contributed by atoms with Crippen molar-refractivity contribution >= 4 is 69.6 Å². The summed E-state index contributed by atoms with van der Waals surface area (Å²) < 4.78 is 0. The number of carboxylic acid groups (broad SMARTS) is 1. The number of halogens is 1. The van der Waals surface area contributed by atoms with Crippen molar-refractivity contribution in [1.29, 1.82) is 0 Å². The van der Waals surface area contributed by atoms with Gasteiger partial charge in [0.05, 0.1) is 28.0 Å². The van der Waals surface area contributed by atoms with Crippen molar-refractivity contribution < 1.29 is 14.7 Å². The Morgan fingerprint density at radius 2 is 1.57 bits per heavy atom. The van der Waals surface area contributed by atoms with E-state index in [9.17, 15) is 14.7 Å². The number of pyridine rings is 1. The van der Waals surface area contributed by atoms with Gasteiger partial charge in [0.25, 0.3) is 5.91 Å². The van der Waals surface area contributed by atoms with Crippen LogP contribution >= 0.6 is 11.6 Å². The Morgan fingerprint density at radius 1 is 0.867 bits per heavy atom. The summed E-state index contributed by atoms with van der Waals surface area (Å²) in [5.74, 6) is -1.60. The summed E-state index contributed by atoms with van der Waals surface area (Å²) in [4.78, 5) is 29.3. The van der Waals surface area contributed by atoms with Gasteiger partial charge in [-0.15, -0.1) is 0 Å². The zero-order chi connectivity index (χ0) is 20.4. The first-order valence-electron chi connectivity index (χ1n) is 8.82. The van der Waals surface area contributed by atoms with E-state index in [-0.39, 0.29) is 45.8 Å². The second-order valence-corrected chi connectivity index (χ2v) is 6.82. The number of amides is 1. The quantitative estimate of drug-likeness (QED) is 0.457. The Hall–Kier alpha value is -2.70. The van der Waals surface area contributed by atoms with Crippen LogP contribution in [0.3, 0.4) is 0 Å². The van der Waals surface area contributed by atoms with Crippen molar-refractivity contribution in [3.63, 3.8) is 0 Å². The van der Waals surface area contributed by atoms with E-state index in [1.54, 1.807) is 6.07 Å². The van der Waals surface area contributed by atoms with Gasteiger partial charge >= 0.3 is 35.5 Å². The molecule has 0 fully saturated rings. The molecule has 0 bridgehead atoms. The van der Waals surface area contributed by atoms with Gasteiger partial charge < -0.3 is 10.4 Å². The van der Waals surface area contributed by atoms with E-state index in [1.165, 1.54) is 18.2 Å². The average Bonchev–Trinajstić information content (AvgIpc) is 2.74. The van der Waals surface area contributed by atoms with Gasteiger partial charge in [-0.05, 0) is 30.3 Å². The van der Waals surface area contributed by atoms with Gasteiger partial charge in [0, 0.05) is 16.0 Å². The zero-order valence-electron chi connectivity index (χ0n) is 15.1. The molecule has 5 nitrogen and oxygen atoms in total. The Balaban J connectivity index is 0.00000256. The van der Waals surface area contributed by atoms with Crippen LogP contribution in [0.5, 0.6) is 0 Å². The van der Waals surface area contributed by atoms with E-state index in [0.29, 0.717) is 22.2 Å². The molecule has 1 heterocycles. The van der Waals surface area contributed by atoms with Gasteiger partial charge in [0.15, 0.2) is 0 Å². The number of rotatable bonds is 4. The van der Waals surface area contributed by atoms with Gasteiger partial charge in [-0.25, -0.2) is 9.78 Å². The topological polar surface area (TPSA) is 79.3 Å². The predicted molar refractivity (Wildman–Crippen MR) is 121 cm³/mol. The van der Waals surface area contributed by atoms with Crippen LogP contribution < -0.4 is 5.32 Å². The van der Waals surface area contributed by atoms with Gasteiger partial charge in [-0.1, -0.05) is 60.1 Å². The number of anilines is 1. The standard InChI is InChI=1S/C23H15ClN2O3.Na.H/c24-15-10-11-20(18(12-15)23(28)29)26-22(27)17-13-21(14-6-2-1-3-7-14)25-19-9-5-4-8-16(17)19;;/h1-13H,(H,26,27)(H,28,29);;. The van der Waals surface area contributed by atoms with Crippen molar-refractivity contribution in [2.75, 3.05) is 5.32 Å². The maximum atomic E-state index is 13.1. The van der Waals surface area contributed by atoms with E-state index in [4.69, 9.17) is 11.6 Å². The van der Waals surface area contributed by atoms with Crippen LogP contribution in [0.4, 0.5) is 5.69 Å². The number of carbonyl (C=O) groups excluding carboxylic acids is 1. The number of hydrogen-bond donors (Lipinski definition) is 2. The number of nitrogens with one attached hydrogen (secondary N) is 1. The predicted octanol–water partition coefficient (Wildman–Crippen LogP) is 4.86. The minimum absolute atomic E-state index is 0. The molecule has 30 heavy (non-hydrogen) atoms. The number of carbonyl (C=O) groups is 2. The third-order valence-electron chi connectivity index (χ3n) is 4.49. The molecule has 0 saturated heterocycles. The molecule has 2 N–H and O–H groups in total. The average molecular weight is 427 g/mol. The minimum atomic E-state index is -1.17. The Morgan fingerprint density at radius 3 is 2.30 bits per heavy atom. The van der Waals surface area contributed by atoms with Crippen molar-refractivity contribution in [2.45, 2.75) is 0 Å². The molecular formula is C23H16ClN2NaO3. The molecule has 0 aliphatic carbocycles.